The van der Waals surface area contributed by atoms with Gasteiger partial charge in [-0.2, -0.15) is 0 Å². The molecule has 0 aliphatic carbocycles. The number of primary amides is 1. The van der Waals surface area contributed by atoms with E-state index in [4.69, 9.17) is 17.3 Å². The molecule has 1 aliphatic rings. The Balaban J connectivity index is 1.66. The molecule has 0 radical (unpaired) electrons. The smallest absolute Gasteiger partial charge is 0.316 e. The fourth-order valence-electron chi connectivity index (χ4n) is 3.72. The first-order valence-corrected chi connectivity index (χ1v) is 10.4. The topological polar surface area (TPSA) is 78.7 Å². The zero-order valence-electron chi connectivity index (χ0n) is 17.5. The first-order chi connectivity index (χ1) is 14.7. The van der Waals surface area contributed by atoms with E-state index in [1.54, 1.807) is 36.4 Å². The second-order valence-electron chi connectivity index (χ2n) is 7.80. The zero-order chi connectivity index (χ0) is 22.5. The molecule has 2 aromatic rings. The van der Waals surface area contributed by atoms with Crippen LogP contribution in [0.15, 0.2) is 48.5 Å². The lowest BCUT2D eigenvalue weighted by Crippen LogP contribution is -2.57. The van der Waals surface area contributed by atoms with E-state index in [0.717, 1.165) is 5.56 Å². The summed E-state index contributed by atoms with van der Waals surface area (Å²) in [7, 11) is 0. The lowest BCUT2D eigenvalue weighted by atomic mass is 10.1. The number of piperazine rings is 1. The molecule has 164 valence electrons. The van der Waals surface area contributed by atoms with Crippen molar-refractivity contribution in [3.05, 3.63) is 70.5 Å². The number of anilines is 1. The molecule has 1 fully saturated rings. The van der Waals surface area contributed by atoms with Crippen molar-refractivity contribution in [2.45, 2.75) is 32.5 Å². The third kappa shape index (κ3) is 6.06. The van der Waals surface area contributed by atoms with E-state index in [0.29, 0.717) is 35.9 Å². The maximum atomic E-state index is 13.1. The highest BCUT2D eigenvalue weighted by molar-refractivity contribution is 6.31. The van der Waals surface area contributed by atoms with Gasteiger partial charge in [0.2, 0.25) is 5.91 Å². The molecule has 2 atom stereocenters. The van der Waals surface area contributed by atoms with E-state index in [1.165, 1.54) is 18.2 Å². The van der Waals surface area contributed by atoms with Crippen molar-refractivity contribution in [1.82, 2.24) is 9.80 Å². The molecule has 0 aromatic heterocycles. The number of halogens is 2. The minimum absolute atomic E-state index is 0.0160. The summed E-state index contributed by atoms with van der Waals surface area (Å²) >= 11 is 5.98. The number of nitrogens with zero attached hydrogens (tertiary/aromatic N) is 2. The van der Waals surface area contributed by atoms with Crippen molar-refractivity contribution in [3.63, 3.8) is 0 Å². The molecule has 0 unspecified atom stereocenters. The first kappa shape index (κ1) is 22.8. The number of nitrogens with one attached hydrogen (secondary N) is 1. The van der Waals surface area contributed by atoms with Gasteiger partial charge in [0, 0.05) is 42.8 Å². The molecule has 0 saturated carbocycles. The summed E-state index contributed by atoms with van der Waals surface area (Å²) in [6.07, 6.45) is 3.14. The highest BCUT2D eigenvalue weighted by Gasteiger charge is 2.31. The minimum Gasteiger partial charge on any atom is -0.351 e. The van der Waals surface area contributed by atoms with Gasteiger partial charge >= 0.3 is 6.03 Å². The van der Waals surface area contributed by atoms with Gasteiger partial charge in [0.1, 0.15) is 5.82 Å². The summed E-state index contributed by atoms with van der Waals surface area (Å²) in [5, 5.41) is 2.96. The molecule has 3 rings (SSSR count). The van der Waals surface area contributed by atoms with Crippen LogP contribution in [0.1, 0.15) is 25.0 Å². The lowest BCUT2D eigenvalue weighted by Gasteiger charge is -2.44. The molecule has 1 saturated heterocycles. The van der Waals surface area contributed by atoms with E-state index in [9.17, 15) is 14.0 Å². The Morgan fingerprint density at radius 3 is 2.55 bits per heavy atom. The van der Waals surface area contributed by atoms with E-state index in [-0.39, 0.29) is 23.8 Å². The standard InChI is InChI=1S/C23H26ClFN4O2/c1-15-13-29(16(2)12-28(15)14-17-3-8-20(25)9-4-17)22(30)10-6-18-5-7-19(24)11-21(18)27-23(26)31/h3-11,15-16H,12-14H2,1-2H3,(H3,26,27,31)/t15-,16+/m1/s1. The highest BCUT2D eigenvalue weighted by Crippen LogP contribution is 2.23. The van der Waals surface area contributed by atoms with Gasteiger partial charge in [-0.3, -0.25) is 9.69 Å². The number of rotatable bonds is 5. The molecule has 0 spiro atoms. The van der Waals surface area contributed by atoms with Crippen LogP contribution in [0.25, 0.3) is 6.08 Å². The van der Waals surface area contributed by atoms with Crippen molar-refractivity contribution >= 4 is 35.3 Å². The molecule has 1 aliphatic heterocycles. The van der Waals surface area contributed by atoms with Crippen molar-refractivity contribution < 1.29 is 14.0 Å². The Morgan fingerprint density at radius 2 is 1.87 bits per heavy atom. The Morgan fingerprint density at radius 1 is 1.16 bits per heavy atom. The molecule has 1 heterocycles. The molecular formula is C23H26ClFN4O2. The highest BCUT2D eigenvalue weighted by atomic mass is 35.5. The number of urea groups is 1. The van der Waals surface area contributed by atoms with Gasteiger partial charge in [-0.15, -0.1) is 0 Å². The molecule has 3 N–H and O–H groups in total. The van der Waals surface area contributed by atoms with Crippen LogP contribution in [-0.4, -0.2) is 46.9 Å². The number of benzene rings is 2. The molecule has 6 nitrogen and oxygen atoms in total. The Kier molecular flexibility index (Phi) is 7.30. The zero-order valence-corrected chi connectivity index (χ0v) is 18.3. The molecule has 0 bridgehead atoms. The fraction of sp³-hybridized carbons (Fsp3) is 0.304. The summed E-state index contributed by atoms with van der Waals surface area (Å²) < 4.78 is 13.1. The van der Waals surface area contributed by atoms with Crippen LogP contribution in [0, 0.1) is 5.82 Å². The van der Waals surface area contributed by atoms with E-state index >= 15 is 0 Å². The van der Waals surface area contributed by atoms with Gasteiger partial charge in [-0.25, -0.2) is 9.18 Å². The maximum Gasteiger partial charge on any atom is 0.316 e. The van der Waals surface area contributed by atoms with Gasteiger partial charge in [0.25, 0.3) is 0 Å². The minimum atomic E-state index is -0.706. The van der Waals surface area contributed by atoms with Gasteiger partial charge in [-0.05, 0) is 55.3 Å². The second-order valence-corrected chi connectivity index (χ2v) is 8.24. The van der Waals surface area contributed by atoms with Gasteiger partial charge in [0.05, 0.1) is 5.69 Å². The number of hydrogen-bond donors (Lipinski definition) is 2. The summed E-state index contributed by atoms with van der Waals surface area (Å²) in [5.74, 6) is -0.358. The molecular weight excluding hydrogens is 419 g/mol. The van der Waals surface area contributed by atoms with Crippen LogP contribution in [-0.2, 0) is 11.3 Å². The van der Waals surface area contributed by atoms with E-state index < -0.39 is 6.03 Å². The predicted octanol–water partition coefficient (Wildman–Crippen LogP) is 4.10. The quantitative estimate of drug-likeness (QED) is 0.681. The number of carbonyl (C=O) groups is 2. The predicted molar refractivity (Wildman–Crippen MR) is 121 cm³/mol. The summed E-state index contributed by atoms with van der Waals surface area (Å²) in [5.41, 5.74) is 7.32. The summed E-state index contributed by atoms with van der Waals surface area (Å²) in [6.45, 7) is 6.09. The Bertz CT molecular complexity index is 980. The van der Waals surface area contributed by atoms with Crippen LogP contribution < -0.4 is 11.1 Å². The molecule has 8 heteroatoms. The molecule has 31 heavy (non-hydrogen) atoms. The summed E-state index contributed by atoms with van der Waals surface area (Å²) in [6, 6.07) is 10.9. The largest absolute Gasteiger partial charge is 0.351 e. The van der Waals surface area contributed by atoms with Gasteiger partial charge in [0.15, 0.2) is 0 Å². The number of carbonyl (C=O) groups excluding carboxylic acids is 2. The first-order valence-electron chi connectivity index (χ1n) is 10.1. The Labute approximate surface area is 186 Å². The molecule has 3 amide bonds. The maximum absolute atomic E-state index is 13.1. The SMILES string of the molecule is C[C@@H]1CN(C(=O)C=Cc2ccc(Cl)cc2NC(N)=O)[C@@H](C)CN1Cc1ccc(F)cc1. The van der Waals surface area contributed by atoms with Gasteiger partial charge < -0.3 is 16.0 Å². The average Bonchev–Trinajstić information content (AvgIpc) is 2.71. The third-order valence-electron chi connectivity index (χ3n) is 5.38. The normalized spacial score (nSPS) is 19.5. The van der Waals surface area contributed by atoms with Crippen LogP contribution in [0.3, 0.4) is 0 Å². The van der Waals surface area contributed by atoms with Crippen molar-refractivity contribution in [2.75, 3.05) is 18.4 Å². The monoisotopic (exact) mass is 444 g/mol. The van der Waals surface area contributed by atoms with E-state index in [2.05, 4.69) is 17.1 Å². The summed E-state index contributed by atoms with van der Waals surface area (Å²) in [4.78, 5) is 28.2. The van der Waals surface area contributed by atoms with Crippen LogP contribution in [0.5, 0.6) is 0 Å². The number of amides is 3. The fourth-order valence-corrected chi connectivity index (χ4v) is 3.89. The Hall–Kier alpha value is -2.90. The van der Waals surface area contributed by atoms with Crippen molar-refractivity contribution in [1.29, 1.82) is 0 Å². The van der Waals surface area contributed by atoms with Crippen LogP contribution in [0.2, 0.25) is 5.02 Å². The van der Waals surface area contributed by atoms with Crippen molar-refractivity contribution in [3.8, 4) is 0 Å². The van der Waals surface area contributed by atoms with E-state index in [1.807, 2.05) is 11.8 Å². The third-order valence-corrected chi connectivity index (χ3v) is 5.61. The second kappa shape index (κ2) is 9.94. The van der Waals surface area contributed by atoms with Crippen molar-refractivity contribution in [2.24, 2.45) is 5.73 Å². The van der Waals surface area contributed by atoms with Crippen LogP contribution >= 0.6 is 11.6 Å². The molecule has 2 aromatic carbocycles. The average molecular weight is 445 g/mol. The lowest BCUT2D eigenvalue weighted by molar-refractivity contribution is -0.131. The number of nitrogens with two attached hydrogens (primary N) is 1. The van der Waals surface area contributed by atoms with Gasteiger partial charge in [-0.1, -0.05) is 29.8 Å². The van der Waals surface area contributed by atoms with Crippen LogP contribution in [0.4, 0.5) is 14.9 Å². The number of hydrogen-bond acceptors (Lipinski definition) is 3.